The van der Waals surface area contributed by atoms with Gasteiger partial charge in [0.1, 0.15) is 6.07 Å². The lowest BCUT2D eigenvalue weighted by molar-refractivity contribution is 0.0698. The highest BCUT2D eigenvalue weighted by Crippen LogP contribution is 2.13. The molecule has 0 atom stereocenters. The Morgan fingerprint density at radius 1 is 1.75 bits per heavy atom. The van der Waals surface area contributed by atoms with E-state index in [9.17, 15) is 4.79 Å². The molecule has 60 valence electrons. The van der Waals surface area contributed by atoms with Crippen molar-refractivity contribution in [2.24, 2.45) is 0 Å². The Bertz CT molecular complexity index is 367. The second-order valence-electron chi connectivity index (χ2n) is 2.04. The standard InChI is InChI=1S/C7H5N3O2/c8-3-5-6(9)4(7(11)12)1-2-10-5/h1-2H,9H2,(H,11,12). The summed E-state index contributed by atoms with van der Waals surface area (Å²) in [4.78, 5) is 14.1. The molecule has 0 saturated carbocycles. The van der Waals surface area contributed by atoms with Gasteiger partial charge < -0.3 is 10.8 Å². The molecule has 1 heterocycles. The Morgan fingerprint density at radius 2 is 2.42 bits per heavy atom. The summed E-state index contributed by atoms with van der Waals surface area (Å²) in [5.74, 6) is -1.16. The van der Waals surface area contributed by atoms with E-state index in [0.29, 0.717) is 0 Å². The molecule has 0 spiro atoms. The summed E-state index contributed by atoms with van der Waals surface area (Å²) < 4.78 is 0. The van der Waals surface area contributed by atoms with Crippen LogP contribution in [-0.2, 0) is 0 Å². The second-order valence-corrected chi connectivity index (χ2v) is 2.04. The number of rotatable bonds is 1. The molecule has 0 amide bonds. The number of carbonyl (C=O) groups is 1. The van der Waals surface area contributed by atoms with Gasteiger partial charge in [0.25, 0.3) is 0 Å². The van der Waals surface area contributed by atoms with Gasteiger partial charge in [0.05, 0.1) is 11.3 Å². The Labute approximate surface area is 68.1 Å². The highest BCUT2D eigenvalue weighted by molar-refractivity contribution is 5.94. The van der Waals surface area contributed by atoms with Gasteiger partial charge in [-0.25, -0.2) is 9.78 Å². The summed E-state index contributed by atoms with van der Waals surface area (Å²) in [6.07, 6.45) is 1.23. The maximum absolute atomic E-state index is 10.5. The van der Waals surface area contributed by atoms with Gasteiger partial charge in [0.2, 0.25) is 0 Å². The van der Waals surface area contributed by atoms with Gasteiger partial charge in [0.15, 0.2) is 5.69 Å². The third-order valence-electron chi connectivity index (χ3n) is 1.33. The largest absolute Gasteiger partial charge is 0.478 e. The predicted octanol–water partition coefficient (Wildman–Crippen LogP) is 0.234. The maximum atomic E-state index is 10.5. The van der Waals surface area contributed by atoms with E-state index in [1.165, 1.54) is 12.3 Å². The SMILES string of the molecule is N#Cc1nccc(C(=O)O)c1N. The fraction of sp³-hybridized carbons (Fsp3) is 0. The first-order valence-electron chi connectivity index (χ1n) is 3.04. The van der Waals surface area contributed by atoms with E-state index in [4.69, 9.17) is 16.1 Å². The third-order valence-corrected chi connectivity index (χ3v) is 1.33. The van der Waals surface area contributed by atoms with E-state index in [0.717, 1.165) is 0 Å². The number of nitriles is 1. The average Bonchev–Trinajstić information content (AvgIpc) is 2.04. The number of nitrogen functional groups attached to an aromatic ring is 1. The predicted molar refractivity (Wildman–Crippen MR) is 40.3 cm³/mol. The lowest BCUT2D eigenvalue weighted by atomic mass is 10.2. The normalized spacial score (nSPS) is 8.92. The van der Waals surface area contributed by atoms with Crippen LogP contribution in [-0.4, -0.2) is 16.1 Å². The van der Waals surface area contributed by atoms with Crippen LogP contribution in [0.5, 0.6) is 0 Å². The molecule has 1 rings (SSSR count). The van der Waals surface area contributed by atoms with E-state index in [-0.39, 0.29) is 16.9 Å². The van der Waals surface area contributed by atoms with Crippen LogP contribution in [0, 0.1) is 11.3 Å². The monoisotopic (exact) mass is 163 g/mol. The molecule has 0 radical (unpaired) electrons. The van der Waals surface area contributed by atoms with Crippen LogP contribution in [0.4, 0.5) is 5.69 Å². The summed E-state index contributed by atoms with van der Waals surface area (Å²) in [6, 6.07) is 2.94. The second kappa shape index (κ2) is 2.88. The van der Waals surface area contributed by atoms with Crippen molar-refractivity contribution in [2.75, 3.05) is 5.73 Å². The summed E-state index contributed by atoms with van der Waals surface area (Å²) >= 11 is 0. The van der Waals surface area contributed by atoms with Crippen molar-refractivity contribution >= 4 is 11.7 Å². The molecule has 0 aliphatic heterocycles. The van der Waals surface area contributed by atoms with E-state index >= 15 is 0 Å². The van der Waals surface area contributed by atoms with E-state index in [2.05, 4.69) is 4.98 Å². The fourth-order valence-corrected chi connectivity index (χ4v) is 0.749. The molecular formula is C7H5N3O2. The minimum Gasteiger partial charge on any atom is -0.478 e. The summed E-state index contributed by atoms with van der Waals surface area (Å²) in [5, 5.41) is 17.0. The minimum absolute atomic E-state index is 0.0603. The van der Waals surface area contributed by atoms with Crippen molar-refractivity contribution < 1.29 is 9.90 Å². The number of nitrogens with two attached hydrogens (primary N) is 1. The van der Waals surface area contributed by atoms with E-state index in [1.54, 1.807) is 6.07 Å². The van der Waals surface area contributed by atoms with Gasteiger partial charge in [0, 0.05) is 6.20 Å². The average molecular weight is 163 g/mol. The van der Waals surface area contributed by atoms with Crippen LogP contribution in [0.1, 0.15) is 16.1 Å². The number of carboxylic acid groups (broad SMARTS) is 1. The first-order valence-corrected chi connectivity index (χ1v) is 3.04. The van der Waals surface area contributed by atoms with Gasteiger partial charge in [-0.2, -0.15) is 5.26 Å². The van der Waals surface area contributed by atoms with Gasteiger partial charge >= 0.3 is 5.97 Å². The first-order chi connectivity index (χ1) is 5.66. The van der Waals surface area contributed by atoms with Gasteiger partial charge in [-0.3, -0.25) is 0 Å². The lowest BCUT2D eigenvalue weighted by Crippen LogP contribution is -2.05. The smallest absolute Gasteiger partial charge is 0.337 e. The summed E-state index contributed by atoms with van der Waals surface area (Å²) in [5.41, 5.74) is 5.08. The van der Waals surface area contributed by atoms with Crippen LogP contribution >= 0.6 is 0 Å². The molecule has 5 heteroatoms. The number of carboxylic acids is 1. The number of nitrogens with zero attached hydrogens (tertiary/aromatic N) is 2. The fourth-order valence-electron chi connectivity index (χ4n) is 0.749. The van der Waals surface area contributed by atoms with E-state index in [1.807, 2.05) is 0 Å². The molecule has 1 aromatic rings. The molecule has 5 nitrogen and oxygen atoms in total. The molecule has 3 N–H and O–H groups in total. The highest BCUT2D eigenvalue weighted by atomic mass is 16.4. The molecule has 0 unspecified atom stereocenters. The van der Waals surface area contributed by atoms with Crippen LogP contribution in [0.3, 0.4) is 0 Å². The topological polar surface area (TPSA) is 100 Å². The van der Waals surface area contributed by atoms with Gasteiger partial charge in [-0.05, 0) is 6.07 Å². The zero-order chi connectivity index (χ0) is 9.14. The molecule has 12 heavy (non-hydrogen) atoms. The number of hydrogen-bond acceptors (Lipinski definition) is 4. The highest BCUT2D eigenvalue weighted by Gasteiger charge is 2.10. The molecule has 0 aliphatic rings. The van der Waals surface area contributed by atoms with E-state index < -0.39 is 5.97 Å². The first kappa shape index (κ1) is 8.01. The van der Waals surface area contributed by atoms with Crippen LogP contribution in [0.2, 0.25) is 0 Å². The molecule has 1 aromatic heterocycles. The number of anilines is 1. The van der Waals surface area contributed by atoms with Crippen molar-refractivity contribution in [3.05, 3.63) is 23.5 Å². The zero-order valence-electron chi connectivity index (χ0n) is 5.98. The molecule has 0 aromatic carbocycles. The van der Waals surface area contributed by atoms with Crippen molar-refractivity contribution in [2.45, 2.75) is 0 Å². The van der Waals surface area contributed by atoms with Crippen LogP contribution < -0.4 is 5.73 Å². The van der Waals surface area contributed by atoms with Gasteiger partial charge in [-0.1, -0.05) is 0 Å². The van der Waals surface area contributed by atoms with Crippen molar-refractivity contribution in [3.8, 4) is 6.07 Å². The Kier molecular flexibility index (Phi) is 1.92. The third kappa shape index (κ3) is 1.18. The number of aromatic nitrogens is 1. The Balaban J connectivity index is 3.35. The minimum atomic E-state index is -1.16. The van der Waals surface area contributed by atoms with Crippen molar-refractivity contribution in [1.29, 1.82) is 5.26 Å². The molecule has 0 fully saturated rings. The molecular weight excluding hydrogens is 158 g/mol. The van der Waals surface area contributed by atoms with Crippen molar-refractivity contribution in [3.63, 3.8) is 0 Å². The lowest BCUT2D eigenvalue weighted by Gasteiger charge is -1.99. The molecule has 0 bridgehead atoms. The Hall–Kier alpha value is -2.09. The van der Waals surface area contributed by atoms with Gasteiger partial charge in [-0.15, -0.1) is 0 Å². The van der Waals surface area contributed by atoms with Crippen LogP contribution in [0.25, 0.3) is 0 Å². The number of hydrogen-bond donors (Lipinski definition) is 2. The molecule has 0 saturated heterocycles. The summed E-state index contributed by atoms with van der Waals surface area (Å²) in [6.45, 7) is 0. The number of aromatic carboxylic acids is 1. The molecule has 0 aliphatic carbocycles. The quantitative estimate of drug-likeness (QED) is 0.617. The summed E-state index contributed by atoms with van der Waals surface area (Å²) in [7, 11) is 0. The number of pyridine rings is 1. The van der Waals surface area contributed by atoms with Crippen LogP contribution in [0.15, 0.2) is 12.3 Å². The maximum Gasteiger partial charge on any atom is 0.337 e. The van der Waals surface area contributed by atoms with Crippen molar-refractivity contribution in [1.82, 2.24) is 4.98 Å². The Morgan fingerprint density at radius 3 is 2.92 bits per heavy atom. The zero-order valence-corrected chi connectivity index (χ0v) is 5.98.